The first-order valence-electron chi connectivity index (χ1n) is 7.55. The van der Waals surface area contributed by atoms with Crippen molar-refractivity contribution in [2.24, 2.45) is 5.92 Å². The number of rotatable bonds is 8. The topological polar surface area (TPSA) is 63.2 Å². The summed E-state index contributed by atoms with van der Waals surface area (Å²) < 4.78 is 5.16. The monoisotopic (exact) mass is 309 g/mol. The third kappa shape index (κ3) is 5.70. The first kappa shape index (κ1) is 16.9. The maximum absolute atomic E-state index is 9.05. The van der Waals surface area contributed by atoms with Crippen LogP contribution in [-0.2, 0) is 13.1 Å². The molecule has 1 aromatic heterocycles. The number of hydrogen-bond donors (Lipinski definition) is 0. The van der Waals surface area contributed by atoms with Gasteiger partial charge >= 0.3 is 0 Å². The van der Waals surface area contributed by atoms with Crippen LogP contribution in [0.15, 0.2) is 48.8 Å². The maximum atomic E-state index is 9.05. The van der Waals surface area contributed by atoms with Crippen LogP contribution in [0.1, 0.15) is 18.1 Å². The van der Waals surface area contributed by atoms with Gasteiger partial charge in [0.2, 0.25) is 0 Å². The molecule has 23 heavy (non-hydrogen) atoms. The average Bonchev–Trinajstić information content (AvgIpc) is 2.61. The molecule has 5 nitrogen and oxygen atoms in total. The number of aromatic nitrogens is 1. The van der Waals surface area contributed by atoms with Crippen LogP contribution in [0.5, 0.6) is 5.75 Å². The highest BCUT2D eigenvalue weighted by Gasteiger charge is 2.12. The van der Waals surface area contributed by atoms with E-state index in [0.717, 1.165) is 16.9 Å². The minimum Gasteiger partial charge on any atom is -0.497 e. The zero-order valence-electron chi connectivity index (χ0n) is 13.5. The molecule has 0 N–H and O–H groups in total. The Hall–Kier alpha value is -2.42. The number of nitrogens with zero attached hydrogens (tertiary/aromatic N) is 4. The molecule has 1 aromatic carbocycles. The van der Waals surface area contributed by atoms with Crippen molar-refractivity contribution in [3.05, 3.63) is 59.9 Å². The molecule has 2 aromatic rings. The van der Waals surface area contributed by atoms with E-state index in [9.17, 15) is 0 Å². The first-order valence-corrected chi connectivity index (χ1v) is 7.55. The van der Waals surface area contributed by atoms with E-state index in [0.29, 0.717) is 19.6 Å². The van der Waals surface area contributed by atoms with Crippen LogP contribution in [0.3, 0.4) is 0 Å². The summed E-state index contributed by atoms with van der Waals surface area (Å²) in [4.78, 5) is 4.13. The lowest BCUT2D eigenvalue weighted by molar-refractivity contribution is 0.153. The molecule has 1 unspecified atom stereocenters. The Kier molecular flexibility index (Phi) is 6.55. The summed E-state index contributed by atoms with van der Waals surface area (Å²) in [6.45, 7) is 3.72. The number of hydrogen-bond acceptors (Lipinski definition) is 4. The Morgan fingerprint density at radius 3 is 2.65 bits per heavy atom. The largest absolute Gasteiger partial charge is 0.497 e. The van der Waals surface area contributed by atoms with Crippen LogP contribution in [0.2, 0.25) is 0 Å². The van der Waals surface area contributed by atoms with Crippen LogP contribution < -0.4 is 10.2 Å². The van der Waals surface area contributed by atoms with Crippen molar-refractivity contribution in [1.82, 2.24) is 15.4 Å². The highest BCUT2D eigenvalue weighted by Crippen LogP contribution is 2.12. The van der Waals surface area contributed by atoms with E-state index in [1.54, 1.807) is 13.3 Å². The van der Waals surface area contributed by atoms with Gasteiger partial charge in [0.05, 0.1) is 25.6 Å². The van der Waals surface area contributed by atoms with Crippen molar-refractivity contribution < 1.29 is 4.74 Å². The van der Waals surface area contributed by atoms with Gasteiger partial charge in [-0.25, -0.2) is 5.01 Å². The summed E-state index contributed by atoms with van der Waals surface area (Å²) in [6.07, 6.45) is 3.58. The molecule has 1 radical (unpaired) electrons. The molecular weight excluding hydrogens is 288 g/mol. The summed E-state index contributed by atoms with van der Waals surface area (Å²) in [5, 5.41) is 11.0. The molecule has 0 aliphatic carbocycles. The molecule has 119 valence electrons. The molecule has 0 aliphatic heterocycles. The van der Waals surface area contributed by atoms with Gasteiger partial charge in [-0.2, -0.15) is 10.7 Å². The van der Waals surface area contributed by atoms with E-state index in [-0.39, 0.29) is 5.92 Å². The molecular formula is C18H21N4O. The molecule has 2 rings (SSSR count). The number of pyridine rings is 1. The van der Waals surface area contributed by atoms with Crippen LogP contribution in [0.4, 0.5) is 0 Å². The summed E-state index contributed by atoms with van der Waals surface area (Å²) >= 11 is 0. The van der Waals surface area contributed by atoms with Gasteiger partial charge in [-0.05, 0) is 36.2 Å². The van der Waals surface area contributed by atoms with E-state index >= 15 is 0 Å². The lowest BCUT2D eigenvalue weighted by Gasteiger charge is -2.22. The van der Waals surface area contributed by atoms with Crippen molar-refractivity contribution in [1.29, 1.82) is 5.26 Å². The van der Waals surface area contributed by atoms with E-state index in [4.69, 9.17) is 10.00 Å². The van der Waals surface area contributed by atoms with E-state index in [1.165, 1.54) is 0 Å². The highest BCUT2D eigenvalue weighted by atomic mass is 16.5. The van der Waals surface area contributed by atoms with E-state index in [1.807, 2.05) is 54.5 Å². The fourth-order valence-corrected chi connectivity index (χ4v) is 2.14. The second-order valence-corrected chi connectivity index (χ2v) is 5.39. The van der Waals surface area contributed by atoms with Crippen molar-refractivity contribution in [3.63, 3.8) is 0 Å². The molecule has 0 bridgehead atoms. The fourth-order valence-electron chi connectivity index (χ4n) is 2.14. The second kappa shape index (κ2) is 8.89. The van der Waals surface area contributed by atoms with Crippen molar-refractivity contribution in [2.75, 3.05) is 13.7 Å². The van der Waals surface area contributed by atoms with Gasteiger partial charge < -0.3 is 4.74 Å². The lowest BCUT2D eigenvalue weighted by atomic mass is 10.2. The maximum Gasteiger partial charge on any atom is 0.118 e. The van der Waals surface area contributed by atoms with Gasteiger partial charge in [0.15, 0.2) is 0 Å². The summed E-state index contributed by atoms with van der Waals surface area (Å²) in [7, 11) is 1.65. The Labute approximate surface area is 137 Å². The molecule has 0 saturated heterocycles. The van der Waals surface area contributed by atoms with Crippen molar-refractivity contribution >= 4 is 0 Å². The summed E-state index contributed by atoms with van der Waals surface area (Å²) in [5.74, 6) is 0.755. The average molecular weight is 309 g/mol. The molecule has 1 atom stereocenters. The second-order valence-electron chi connectivity index (χ2n) is 5.39. The molecule has 5 heteroatoms. The summed E-state index contributed by atoms with van der Waals surface area (Å²) in [5.41, 5.74) is 6.83. The predicted molar refractivity (Wildman–Crippen MR) is 88.3 cm³/mol. The number of benzene rings is 1. The molecule has 0 aliphatic rings. The zero-order valence-corrected chi connectivity index (χ0v) is 13.5. The van der Waals surface area contributed by atoms with Gasteiger partial charge in [-0.15, -0.1) is 0 Å². The van der Waals surface area contributed by atoms with Crippen LogP contribution in [0, 0.1) is 17.2 Å². The SMILES string of the molecule is COc1ccc(C[N]N(Cc2cccnc2)CC(C)C#N)cc1. The Morgan fingerprint density at radius 1 is 1.26 bits per heavy atom. The highest BCUT2D eigenvalue weighted by molar-refractivity contribution is 5.26. The zero-order chi connectivity index (χ0) is 16.5. The van der Waals surface area contributed by atoms with Gasteiger partial charge in [0.25, 0.3) is 0 Å². The number of nitriles is 1. The fraction of sp³-hybridized carbons (Fsp3) is 0.333. The summed E-state index contributed by atoms with van der Waals surface area (Å²) in [6, 6.07) is 14.0. The minimum absolute atomic E-state index is 0.0775. The van der Waals surface area contributed by atoms with Crippen molar-refractivity contribution in [2.45, 2.75) is 20.0 Å². The van der Waals surface area contributed by atoms with Crippen LogP contribution in [-0.4, -0.2) is 23.6 Å². The van der Waals surface area contributed by atoms with Crippen LogP contribution >= 0.6 is 0 Å². The van der Waals surface area contributed by atoms with Crippen LogP contribution in [0.25, 0.3) is 0 Å². The quantitative estimate of drug-likeness (QED) is 0.703. The first-order chi connectivity index (χ1) is 11.2. The lowest BCUT2D eigenvalue weighted by Crippen LogP contribution is -2.34. The molecule has 1 heterocycles. The Bertz CT molecular complexity index is 622. The van der Waals surface area contributed by atoms with Gasteiger partial charge in [-0.3, -0.25) is 4.98 Å². The third-order valence-corrected chi connectivity index (χ3v) is 3.41. The van der Waals surface area contributed by atoms with Gasteiger partial charge in [0, 0.05) is 25.5 Å². The predicted octanol–water partition coefficient (Wildman–Crippen LogP) is 2.77. The number of ether oxygens (including phenoxy) is 1. The van der Waals surface area contributed by atoms with E-state index < -0.39 is 0 Å². The van der Waals surface area contributed by atoms with E-state index in [2.05, 4.69) is 16.5 Å². The Morgan fingerprint density at radius 2 is 2.04 bits per heavy atom. The Balaban J connectivity index is 1.97. The minimum atomic E-state index is -0.0775. The molecule has 0 amide bonds. The normalized spacial score (nSPS) is 11.9. The smallest absolute Gasteiger partial charge is 0.118 e. The molecule has 0 saturated carbocycles. The molecule has 0 spiro atoms. The van der Waals surface area contributed by atoms with Crippen molar-refractivity contribution in [3.8, 4) is 11.8 Å². The molecule has 0 fully saturated rings. The van der Waals surface area contributed by atoms with Gasteiger partial charge in [-0.1, -0.05) is 18.2 Å². The third-order valence-electron chi connectivity index (χ3n) is 3.41. The standard InChI is InChI=1S/C18H21N4O/c1-15(10-19)13-22(14-17-4-3-9-20-11-17)21-12-16-5-7-18(23-2)8-6-16/h3-9,11,15H,12-14H2,1-2H3. The van der Waals surface area contributed by atoms with Gasteiger partial charge in [0.1, 0.15) is 5.75 Å². The number of methoxy groups -OCH3 is 1.